The maximum absolute atomic E-state index is 12.1. The van der Waals surface area contributed by atoms with E-state index in [9.17, 15) is 4.79 Å². The Balaban J connectivity index is 2.13. The molecule has 19 heavy (non-hydrogen) atoms. The molecule has 2 aromatic rings. The summed E-state index contributed by atoms with van der Waals surface area (Å²) in [6.07, 6.45) is 0. The minimum Gasteiger partial charge on any atom is -0.345 e. The molecular formula is C13H10Br3NOS. The number of rotatable bonds is 3. The third-order valence-electron chi connectivity index (χ3n) is 2.59. The van der Waals surface area contributed by atoms with E-state index in [1.54, 1.807) is 0 Å². The first-order valence-electron chi connectivity index (χ1n) is 5.49. The van der Waals surface area contributed by atoms with E-state index >= 15 is 0 Å². The van der Waals surface area contributed by atoms with Crippen LogP contribution in [-0.2, 0) is 0 Å². The minimum absolute atomic E-state index is 0.0530. The molecule has 0 bridgehead atoms. The SMILES string of the molecule is CC(NC(=O)c1cc(Br)c(Br)s1)c1ccccc1Br. The first-order valence-corrected chi connectivity index (χ1v) is 8.68. The lowest BCUT2D eigenvalue weighted by atomic mass is 10.1. The average Bonchev–Trinajstić information content (AvgIpc) is 2.70. The van der Waals surface area contributed by atoms with Gasteiger partial charge in [-0.1, -0.05) is 34.1 Å². The quantitative estimate of drug-likeness (QED) is 0.632. The van der Waals surface area contributed by atoms with Crippen LogP contribution in [-0.4, -0.2) is 5.91 Å². The van der Waals surface area contributed by atoms with Gasteiger partial charge < -0.3 is 5.32 Å². The van der Waals surface area contributed by atoms with Crippen molar-refractivity contribution >= 4 is 65.0 Å². The Bertz CT molecular complexity index is 592. The molecule has 0 saturated heterocycles. The van der Waals surface area contributed by atoms with Gasteiger partial charge in [0.1, 0.15) is 0 Å². The largest absolute Gasteiger partial charge is 0.345 e. The lowest BCUT2D eigenvalue weighted by Crippen LogP contribution is -2.26. The molecule has 0 aliphatic heterocycles. The van der Waals surface area contributed by atoms with Crippen molar-refractivity contribution in [1.29, 1.82) is 0 Å². The zero-order valence-electron chi connectivity index (χ0n) is 9.91. The number of amides is 1. The Hall–Kier alpha value is -0.170. The van der Waals surface area contributed by atoms with Crippen molar-refractivity contribution in [2.75, 3.05) is 0 Å². The van der Waals surface area contributed by atoms with Crippen molar-refractivity contribution < 1.29 is 4.79 Å². The molecule has 1 aromatic carbocycles. The van der Waals surface area contributed by atoms with Gasteiger partial charge in [0.2, 0.25) is 0 Å². The van der Waals surface area contributed by atoms with E-state index in [0.29, 0.717) is 4.88 Å². The molecule has 0 radical (unpaired) electrons. The van der Waals surface area contributed by atoms with Crippen LogP contribution in [0.2, 0.25) is 0 Å². The molecular weight excluding hydrogens is 458 g/mol. The molecule has 1 aromatic heterocycles. The molecule has 0 fully saturated rings. The monoisotopic (exact) mass is 465 g/mol. The highest BCUT2D eigenvalue weighted by Gasteiger charge is 2.16. The van der Waals surface area contributed by atoms with Crippen LogP contribution in [0.15, 0.2) is 43.1 Å². The highest BCUT2D eigenvalue weighted by Crippen LogP contribution is 2.32. The molecule has 2 nitrogen and oxygen atoms in total. The second-order valence-corrected chi connectivity index (χ2v) is 8.03. The van der Waals surface area contributed by atoms with E-state index in [0.717, 1.165) is 18.3 Å². The Kier molecular flexibility index (Phi) is 5.22. The zero-order chi connectivity index (χ0) is 14.0. The molecule has 1 atom stereocenters. The zero-order valence-corrected chi connectivity index (χ0v) is 15.5. The number of carbonyl (C=O) groups excluding carboxylic acids is 1. The lowest BCUT2D eigenvalue weighted by molar-refractivity contribution is 0.0944. The summed E-state index contributed by atoms with van der Waals surface area (Å²) in [5.74, 6) is -0.0698. The number of benzene rings is 1. The normalized spacial score (nSPS) is 12.2. The molecule has 0 saturated carbocycles. The minimum atomic E-state index is -0.0698. The van der Waals surface area contributed by atoms with Crippen molar-refractivity contribution in [2.45, 2.75) is 13.0 Å². The summed E-state index contributed by atoms with van der Waals surface area (Å²) in [6, 6.07) is 9.64. The van der Waals surface area contributed by atoms with Gasteiger partial charge in [-0.25, -0.2) is 0 Å². The second-order valence-electron chi connectivity index (χ2n) is 3.95. The van der Waals surface area contributed by atoms with Crippen molar-refractivity contribution in [3.05, 3.63) is 53.5 Å². The van der Waals surface area contributed by atoms with Crippen LogP contribution >= 0.6 is 59.1 Å². The van der Waals surface area contributed by atoms with E-state index in [2.05, 4.69) is 53.1 Å². The Labute approximate surface area is 141 Å². The van der Waals surface area contributed by atoms with Crippen LogP contribution < -0.4 is 5.32 Å². The van der Waals surface area contributed by atoms with Gasteiger partial charge in [-0.3, -0.25) is 4.79 Å². The molecule has 100 valence electrons. The molecule has 0 aliphatic carbocycles. The van der Waals surface area contributed by atoms with Gasteiger partial charge in [-0.05, 0) is 56.5 Å². The molecule has 0 spiro atoms. The first-order chi connectivity index (χ1) is 8.99. The number of hydrogen-bond acceptors (Lipinski definition) is 2. The van der Waals surface area contributed by atoms with Crippen LogP contribution in [0.3, 0.4) is 0 Å². The highest BCUT2D eigenvalue weighted by molar-refractivity contribution is 9.13. The average molecular weight is 468 g/mol. The fourth-order valence-electron chi connectivity index (χ4n) is 1.63. The van der Waals surface area contributed by atoms with Gasteiger partial charge in [0.15, 0.2) is 0 Å². The second kappa shape index (κ2) is 6.52. The summed E-state index contributed by atoms with van der Waals surface area (Å²) in [4.78, 5) is 12.8. The van der Waals surface area contributed by atoms with Gasteiger partial charge in [-0.2, -0.15) is 0 Å². The number of hydrogen-bond donors (Lipinski definition) is 1. The maximum Gasteiger partial charge on any atom is 0.261 e. The molecule has 1 N–H and O–H groups in total. The molecule has 0 aliphatic rings. The van der Waals surface area contributed by atoms with Crippen LogP contribution in [0.4, 0.5) is 0 Å². The summed E-state index contributed by atoms with van der Waals surface area (Å²) in [5.41, 5.74) is 1.06. The topological polar surface area (TPSA) is 29.1 Å². The fourth-order valence-corrected chi connectivity index (χ4v) is 4.20. The predicted molar refractivity (Wildman–Crippen MR) is 89.7 cm³/mol. The molecule has 1 amide bonds. The molecule has 6 heteroatoms. The van der Waals surface area contributed by atoms with Gasteiger partial charge in [0.25, 0.3) is 5.91 Å². The van der Waals surface area contributed by atoms with E-state index in [1.807, 2.05) is 37.3 Å². The number of carbonyl (C=O) groups is 1. The smallest absolute Gasteiger partial charge is 0.261 e. The Morgan fingerprint density at radius 3 is 2.47 bits per heavy atom. The summed E-state index contributed by atoms with van der Waals surface area (Å²) in [7, 11) is 0. The third kappa shape index (κ3) is 3.68. The van der Waals surface area contributed by atoms with E-state index in [4.69, 9.17) is 0 Å². The first kappa shape index (κ1) is 15.2. The molecule has 1 heterocycles. The van der Waals surface area contributed by atoms with Crippen LogP contribution in [0.5, 0.6) is 0 Å². The third-order valence-corrected chi connectivity index (χ3v) is 6.57. The fraction of sp³-hybridized carbons (Fsp3) is 0.154. The van der Waals surface area contributed by atoms with Crippen molar-refractivity contribution in [1.82, 2.24) is 5.32 Å². The van der Waals surface area contributed by atoms with Crippen molar-refractivity contribution in [3.63, 3.8) is 0 Å². The van der Waals surface area contributed by atoms with Gasteiger partial charge in [0, 0.05) is 8.95 Å². The van der Waals surface area contributed by atoms with Crippen molar-refractivity contribution in [2.24, 2.45) is 0 Å². The summed E-state index contributed by atoms with van der Waals surface area (Å²) < 4.78 is 2.82. The summed E-state index contributed by atoms with van der Waals surface area (Å²) in [5, 5.41) is 2.99. The number of nitrogens with one attached hydrogen (secondary N) is 1. The van der Waals surface area contributed by atoms with E-state index < -0.39 is 0 Å². The standard InChI is InChI=1S/C13H10Br3NOS/c1-7(8-4-2-3-5-9(8)14)17-13(18)11-6-10(15)12(16)19-11/h2-7H,1H3,(H,17,18). The van der Waals surface area contributed by atoms with Gasteiger partial charge >= 0.3 is 0 Å². The van der Waals surface area contributed by atoms with E-state index in [1.165, 1.54) is 11.3 Å². The lowest BCUT2D eigenvalue weighted by Gasteiger charge is -2.15. The van der Waals surface area contributed by atoms with Crippen LogP contribution in [0.25, 0.3) is 0 Å². The van der Waals surface area contributed by atoms with Gasteiger partial charge in [0.05, 0.1) is 14.7 Å². The Morgan fingerprint density at radius 1 is 1.21 bits per heavy atom. The summed E-state index contributed by atoms with van der Waals surface area (Å²) >= 11 is 11.7. The number of thiophene rings is 1. The maximum atomic E-state index is 12.1. The van der Waals surface area contributed by atoms with Gasteiger partial charge in [-0.15, -0.1) is 11.3 Å². The highest BCUT2D eigenvalue weighted by atomic mass is 79.9. The molecule has 1 unspecified atom stereocenters. The predicted octanol–water partition coefficient (Wildman–Crippen LogP) is 5.53. The summed E-state index contributed by atoms with van der Waals surface area (Å²) in [6.45, 7) is 1.97. The van der Waals surface area contributed by atoms with Crippen LogP contribution in [0, 0.1) is 0 Å². The van der Waals surface area contributed by atoms with Crippen LogP contribution in [0.1, 0.15) is 28.2 Å². The molecule has 2 rings (SSSR count). The number of halogens is 3. The van der Waals surface area contributed by atoms with E-state index in [-0.39, 0.29) is 11.9 Å². The van der Waals surface area contributed by atoms with Crippen molar-refractivity contribution in [3.8, 4) is 0 Å². The Morgan fingerprint density at radius 2 is 1.89 bits per heavy atom.